The maximum atomic E-state index is 9.88. The zero-order valence-corrected chi connectivity index (χ0v) is 16.4. The third-order valence-corrected chi connectivity index (χ3v) is 6.33. The second-order valence-electron chi connectivity index (χ2n) is 9.88. The van der Waals surface area contributed by atoms with E-state index in [1.54, 1.807) is 0 Å². The molecule has 1 aromatic carbocycles. The Hall–Kier alpha value is -1.37. The van der Waals surface area contributed by atoms with Crippen molar-refractivity contribution in [1.82, 2.24) is 0 Å². The number of nitriles is 1. The lowest BCUT2D eigenvalue weighted by Crippen LogP contribution is -3.10. The summed E-state index contributed by atoms with van der Waals surface area (Å²) in [5.74, 6) is 0. The molecule has 1 saturated carbocycles. The Morgan fingerprint density at radius 3 is 2.04 bits per heavy atom. The summed E-state index contributed by atoms with van der Waals surface area (Å²) < 4.78 is 0. The first-order valence-corrected chi connectivity index (χ1v) is 9.93. The van der Waals surface area contributed by atoms with E-state index in [0.717, 1.165) is 25.7 Å². The summed E-state index contributed by atoms with van der Waals surface area (Å²) in [6, 6.07) is 14.5. The lowest BCUT2D eigenvalue weighted by Gasteiger charge is -2.43. The molecular weight excluding hydrogens is 306 g/mol. The molecule has 1 aliphatic carbocycles. The monoisotopic (exact) mass is 341 g/mol. The van der Waals surface area contributed by atoms with Crippen molar-refractivity contribution in [3.05, 3.63) is 35.9 Å². The van der Waals surface area contributed by atoms with Crippen LogP contribution in [0.1, 0.15) is 71.8 Å². The Morgan fingerprint density at radius 1 is 0.960 bits per heavy atom. The van der Waals surface area contributed by atoms with Gasteiger partial charge >= 0.3 is 0 Å². The summed E-state index contributed by atoms with van der Waals surface area (Å²) in [5, 5.41) is 15.1. The fourth-order valence-corrected chi connectivity index (χ4v) is 5.67. The van der Waals surface area contributed by atoms with Gasteiger partial charge in [0.2, 0.25) is 0 Å². The minimum atomic E-state index is -0.259. The highest BCUT2D eigenvalue weighted by Crippen LogP contribution is 2.38. The molecule has 136 valence electrons. The second-order valence-corrected chi connectivity index (χ2v) is 9.88. The lowest BCUT2D eigenvalue weighted by molar-refractivity contribution is -0.820. The van der Waals surface area contributed by atoms with E-state index in [0.29, 0.717) is 23.2 Å². The molecule has 3 nitrogen and oxygen atoms in total. The van der Waals surface area contributed by atoms with E-state index in [9.17, 15) is 5.26 Å². The van der Waals surface area contributed by atoms with Crippen molar-refractivity contribution >= 4 is 0 Å². The van der Waals surface area contributed by atoms with Crippen LogP contribution in [0.5, 0.6) is 0 Å². The molecule has 1 aliphatic heterocycles. The molecule has 0 radical (unpaired) electrons. The summed E-state index contributed by atoms with van der Waals surface area (Å²) in [7, 11) is 0. The minimum absolute atomic E-state index is 0.259. The molecule has 3 rings (SSSR count). The Labute approximate surface area is 153 Å². The Balaban J connectivity index is 1.62. The molecule has 0 spiro atoms. The normalized spacial score (nSPS) is 32.0. The SMILES string of the molecule is CC1(C)CC([NH2+]C2CCC(C#N)(c3ccccc3)CC2)CC(C)(C)[NH2+]1. The van der Waals surface area contributed by atoms with Crippen molar-refractivity contribution in [2.45, 2.75) is 94.8 Å². The smallest absolute Gasteiger partial charge is 0.0981 e. The summed E-state index contributed by atoms with van der Waals surface area (Å²) in [4.78, 5) is 0. The summed E-state index contributed by atoms with van der Waals surface area (Å²) >= 11 is 0. The van der Waals surface area contributed by atoms with E-state index < -0.39 is 0 Å². The van der Waals surface area contributed by atoms with Gasteiger partial charge in [0.25, 0.3) is 0 Å². The Kier molecular flexibility index (Phi) is 4.97. The van der Waals surface area contributed by atoms with Crippen LogP contribution >= 0.6 is 0 Å². The fourth-order valence-electron chi connectivity index (χ4n) is 5.67. The minimum Gasteiger partial charge on any atom is -0.341 e. The van der Waals surface area contributed by atoms with Crippen molar-refractivity contribution in [3.8, 4) is 6.07 Å². The molecule has 4 N–H and O–H groups in total. The highest BCUT2D eigenvalue weighted by atomic mass is 15.1. The molecule has 25 heavy (non-hydrogen) atoms. The third-order valence-electron chi connectivity index (χ3n) is 6.33. The van der Waals surface area contributed by atoms with Crippen LogP contribution in [-0.4, -0.2) is 23.2 Å². The molecule has 0 aromatic heterocycles. The largest absolute Gasteiger partial charge is 0.341 e. The number of benzene rings is 1. The van der Waals surface area contributed by atoms with Crippen LogP contribution in [0, 0.1) is 11.3 Å². The number of hydrogen-bond donors (Lipinski definition) is 2. The highest BCUT2D eigenvalue weighted by molar-refractivity contribution is 5.32. The fraction of sp³-hybridized carbons (Fsp3) is 0.682. The molecular formula is C22H35N3+2. The standard InChI is InChI=1S/C22H33N3/c1-20(2)14-19(15-21(3,4)25-20)24-18-10-12-22(16-23,13-11-18)17-8-6-5-7-9-17/h5-9,18-19,24-25H,10-15H2,1-4H3/p+2. The predicted octanol–water partition coefficient (Wildman–Crippen LogP) is 2.24. The van der Waals surface area contributed by atoms with Gasteiger partial charge < -0.3 is 10.6 Å². The van der Waals surface area contributed by atoms with Gasteiger partial charge in [0.15, 0.2) is 0 Å². The van der Waals surface area contributed by atoms with Crippen LogP contribution in [0.15, 0.2) is 30.3 Å². The van der Waals surface area contributed by atoms with Crippen LogP contribution < -0.4 is 10.6 Å². The zero-order chi connectivity index (χ0) is 18.1. The van der Waals surface area contributed by atoms with Gasteiger partial charge in [0, 0.05) is 12.8 Å². The molecule has 0 unspecified atom stereocenters. The molecule has 0 amide bonds. The Bertz CT molecular complexity index is 602. The van der Waals surface area contributed by atoms with E-state index in [4.69, 9.17) is 0 Å². The van der Waals surface area contributed by atoms with E-state index in [1.807, 2.05) is 6.07 Å². The van der Waals surface area contributed by atoms with E-state index >= 15 is 0 Å². The summed E-state index contributed by atoms with van der Waals surface area (Å²) in [6.07, 6.45) is 6.86. The van der Waals surface area contributed by atoms with E-state index in [2.05, 4.69) is 68.7 Å². The molecule has 1 saturated heterocycles. The van der Waals surface area contributed by atoms with Gasteiger partial charge in [-0.05, 0) is 46.1 Å². The van der Waals surface area contributed by atoms with Crippen LogP contribution in [0.4, 0.5) is 0 Å². The first kappa shape index (κ1) is 18.4. The van der Waals surface area contributed by atoms with Crippen molar-refractivity contribution in [3.63, 3.8) is 0 Å². The van der Waals surface area contributed by atoms with Gasteiger partial charge in [-0.1, -0.05) is 30.3 Å². The molecule has 0 atom stereocenters. The average Bonchev–Trinajstić information content (AvgIpc) is 2.54. The highest BCUT2D eigenvalue weighted by Gasteiger charge is 2.45. The zero-order valence-electron chi connectivity index (χ0n) is 16.4. The second kappa shape index (κ2) is 6.74. The van der Waals surface area contributed by atoms with Crippen molar-refractivity contribution in [1.29, 1.82) is 5.26 Å². The van der Waals surface area contributed by atoms with Crippen LogP contribution in [-0.2, 0) is 5.41 Å². The number of nitrogens with two attached hydrogens (primary N) is 2. The lowest BCUT2D eigenvalue weighted by atomic mass is 9.69. The van der Waals surface area contributed by atoms with Crippen molar-refractivity contribution in [2.24, 2.45) is 0 Å². The molecule has 1 aromatic rings. The number of quaternary nitrogens is 2. The first-order valence-electron chi connectivity index (χ1n) is 9.93. The predicted molar refractivity (Wildman–Crippen MR) is 101 cm³/mol. The van der Waals surface area contributed by atoms with Crippen molar-refractivity contribution in [2.75, 3.05) is 0 Å². The van der Waals surface area contributed by atoms with Crippen LogP contribution in [0.25, 0.3) is 0 Å². The molecule has 2 aliphatic rings. The number of nitrogens with zero attached hydrogens (tertiary/aromatic N) is 1. The van der Waals surface area contributed by atoms with Gasteiger partial charge in [-0.2, -0.15) is 5.26 Å². The third kappa shape index (κ3) is 4.25. The molecule has 1 heterocycles. The van der Waals surface area contributed by atoms with Gasteiger partial charge in [0.05, 0.1) is 47.5 Å². The van der Waals surface area contributed by atoms with E-state index in [-0.39, 0.29) is 5.41 Å². The van der Waals surface area contributed by atoms with E-state index in [1.165, 1.54) is 18.4 Å². The number of piperidine rings is 1. The van der Waals surface area contributed by atoms with Gasteiger partial charge in [-0.25, -0.2) is 0 Å². The van der Waals surface area contributed by atoms with Gasteiger partial charge in [-0.15, -0.1) is 0 Å². The number of hydrogen-bond acceptors (Lipinski definition) is 1. The van der Waals surface area contributed by atoms with Crippen molar-refractivity contribution < 1.29 is 10.6 Å². The maximum absolute atomic E-state index is 9.88. The van der Waals surface area contributed by atoms with Gasteiger partial charge in [0.1, 0.15) is 0 Å². The molecule has 0 bridgehead atoms. The first-order chi connectivity index (χ1) is 11.7. The van der Waals surface area contributed by atoms with Crippen LogP contribution in [0.3, 0.4) is 0 Å². The maximum Gasteiger partial charge on any atom is 0.0981 e. The van der Waals surface area contributed by atoms with Crippen LogP contribution in [0.2, 0.25) is 0 Å². The molecule has 2 fully saturated rings. The molecule has 3 heteroatoms. The topological polar surface area (TPSA) is 57.0 Å². The average molecular weight is 342 g/mol. The van der Waals surface area contributed by atoms with Gasteiger partial charge in [-0.3, -0.25) is 0 Å². The summed E-state index contributed by atoms with van der Waals surface area (Å²) in [5.41, 5.74) is 1.62. The quantitative estimate of drug-likeness (QED) is 0.870. The Morgan fingerprint density at radius 2 is 1.52 bits per heavy atom. The number of rotatable bonds is 3. The summed E-state index contributed by atoms with van der Waals surface area (Å²) in [6.45, 7) is 9.52.